The average Bonchev–Trinajstić information content (AvgIpc) is 3.19. The van der Waals surface area contributed by atoms with E-state index in [1.54, 1.807) is 6.26 Å². The Balaban J connectivity index is 1.41. The second kappa shape index (κ2) is 8.11. The van der Waals surface area contributed by atoms with Crippen LogP contribution in [-0.4, -0.2) is 4.98 Å². The maximum atomic E-state index is 5.89. The molecule has 0 spiro atoms. The zero-order valence-corrected chi connectivity index (χ0v) is 15.4. The van der Waals surface area contributed by atoms with Crippen molar-refractivity contribution in [2.45, 2.75) is 12.5 Å². The van der Waals surface area contributed by atoms with Crippen molar-refractivity contribution in [3.05, 3.63) is 95.7 Å². The number of aromatic nitrogens is 1. The van der Waals surface area contributed by atoms with E-state index in [2.05, 4.69) is 17.1 Å². The number of nitrogens with zero attached hydrogens (tertiary/aromatic N) is 1. The Kier molecular flexibility index (Phi) is 5.22. The van der Waals surface area contributed by atoms with Gasteiger partial charge < -0.3 is 9.15 Å². The Labute approximate surface area is 162 Å². The van der Waals surface area contributed by atoms with Gasteiger partial charge in [-0.05, 0) is 46.2 Å². The molecule has 3 nitrogen and oxygen atoms in total. The first kappa shape index (κ1) is 17.4. The molecule has 4 rings (SSSR count). The smallest absolute Gasteiger partial charge is 0.218 e. The van der Waals surface area contributed by atoms with E-state index in [-0.39, 0.29) is 0 Å². The molecule has 0 fully saturated rings. The molecule has 1 heterocycles. The first-order chi connectivity index (χ1) is 13.3. The second-order valence-corrected chi connectivity index (χ2v) is 6.45. The second-order valence-electron chi connectivity index (χ2n) is 6.19. The van der Waals surface area contributed by atoms with Gasteiger partial charge in [-0.3, -0.25) is 0 Å². The third-order valence-electron chi connectivity index (χ3n) is 4.20. The molecule has 0 unspecified atom stereocenters. The molecule has 3 aromatic carbocycles. The number of rotatable bonds is 6. The van der Waals surface area contributed by atoms with Gasteiger partial charge in [-0.15, -0.1) is 11.6 Å². The Bertz CT molecular complexity index is 1070. The quantitative estimate of drug-likeness (QED) is 0.370. The van der Waals surface area contributed by atoms with Crippen LogP contribution in [0.5, 0.6) is 5.75 Å². The maximum Gasteiger partial charge on any atom is 0.218 e. The summed E-state index contributed by atoms with van der Waals surface area (Å²) in [5.74, 6) is 1.87. The van der Waals surface area contributed by atoms with Gasteiger partial charge in [0.1, 0.15) is 24.3 Å². The van der Waals surface area contributed by atoms with Crippen LogP contribution in [0.1, 0.15) is 22.7 Å². The van der Waals surface area contributed by atoms with Crippen molar-refractivity contribution in [1.29, 1.82) is 0 Å². The van der Waals surface area contributed by atoms with E-state index < -0.39 is 0 Å². The lowest BCUT2D eigenvalue weighted by atomic mass is 10.1. The molecule has 4 heteroatoms. The fourth-order valence-electron chi connectivity index (χ4n) is 2.80. The van der Waals surface area contributed by atoms with Crippen LogP contribution < -0.4 is 4.74 Å². The fraction of sp³-hybridized carbons (Fsp3) is 0.0870. The molecule has 0 amide bonds. The van der Waals surface area contributed by atoms with E-state index in [1.807, 2.05) is 66.7 Å². The first-order valence-electron chi connectivity index (χ1n) is 8.69. The minimum absolute atomic E-state index is 0.355. The molecule has 4 aromatic rings. The van der Waals surface area contributed by atoms with Crippen molar-refractivity contribution in [1.82, 2.24) is 4.98 Å². The number of benzene rings is 3. The van der Waals surface area contributed by atoms with Crippen LogP contribution in [0, 0.1) is 0 Å². The molecular formula is C23H18ClNO2. The number of hydrogen-bond acceptors (Lipinski definition) is 3. The summed E-state index contributed by atoms with van der Waals surface area (Å²) in [6.07, 6.45) is 5.44. The normalized spacial score (nSPS) is 11.3. The minimum Gasteiger partial charge on any atom is -0.487 e. The van der Waals surface area contributed by atoms with E-state index in [0.717, 1.165) is 33.3 Å². The van der Waals surface area contributed by atoms with Crippen LogP contribution in [-0.2, 0) is 12.5 Å². The summed E-state index contributed by atoms with van der Waals surface area (Å²) < 4.78 is 11.3. The van der Waals surface area contributed by atoms with Crippen LogP contribution in [0.4, 0.5) is 0 Å². The molecule has 0 atom stereocenters. The van der Waals surface area contributed by atoms with Crippen molar-refractivity contribution in [2.24, 2.45) is 0 Å². The first-order valence-corrected chi connectivity index (χ1v) is 9.22. The molecule has 27 heavy (non-hydrogen) atoms. The molecular weight excluding hydrogens is 358 g/mol. The number of alkyl halides is 1. The molecule has 0 aliphatic rings. The van der Waals surface area contributed by atoms with Gasteiger partial charge in [-0.25, -0.2) is 4.98 Å². The molecule has 0 radical (unpaired) electrons. The third kappa shape index (κ3) is 4.39. The third-order valence-corrected chi connectivity index (χ3v) is 4.51. The lowest BCUT2D eigenvalue weighted by molar-refractivity contribution is 0.301. The van der Waals surface area contributed by atoms with Crippen molar-refractivity contribution in [3.8, 4) is 5.75 Å². The molecule has 134 valence electrons. The van der Waals surface area contributed by atoms with Crippen molar-refractivity contribution >= 4 is 34.5 Å². The van der Waals surface area contributed by atoms with Crippen LogP contribution in [0.25, 0.3) is 22.9 Å². The van der Waals surface area contributed by atoms with Crippen molar-refractivity contribution in [3.63, 3.8) is 0 Å². The van der Waals surface area contributed by atoms with Gasteiger partial charge in [0.05, 0.1) is 0 Å². The summed E-state index contributed by atoms with van der Waals surface area (Å²) in [5.41, 5.74) is 2.96. The lowest BCUT2D eigenvalue weighted by Gasteiger charge is -2.06. The summed E-state index contributed by atoms with van der Waals surface area (Å²) in [4.78, 5) is 4.43. The Morgan fingerprint density at radius 3 is 2.59 bits per heavy atom. The number of oxazole rings is 1. The topological polar surface area (TPSA) is 35.3 Å². The Morgan fingerprint density at radius 1 is 0.926 bits per heavy atom. The highest BCUT2D eigenvalue weighted by atomic mass is 35.5. The van der Waals surface area contributed by atoms with Gasteiger partial charge in [0.15, 0.2) is 0 Å². The summed E-state index contributed by atoms with van der Waals surface area (Å²) in [6.45, 7) is 0.355. The Morgan fingerprint density at radius 2 is 1.74 bits per heavy atom. The van der Waals surface area contributed by atoms with Crippen molar-refractivity contribution in [2.75, 3.05) is 0 Å². The van der Waals surface area contributed by atoms with Crippen molar-refractivity contribution < 1.29 is 9.15 Å². The largest absolute Gasteiger partial charge is 0.487 e. The number of hydrogen-bond donors (Lipinski definition) is 0. The zero-order valence-electron chi connectivity index (χ0n) is 14.6. The van der Waals surface area contributed by atoms with E-state index in [0.29, 0.717) is 18.4 Å². The van der Waals surface area contributed by atoms with E-state index >= 15 is 0 Å². The van der Waals surface area contributed by atoms with Gasteiger partial charge in [0.25, 0.3) is 0 Å². The monoisotopic (exact) mass is 375 g/mol. The maximum absolute atomic E-state index is 5.89. The molecule has 0 aliphatic carbocycles. The Hall–Kier alpha value is -3.04. The van der Waals surface area contributed by atoms with Gasteiger partial charge in [-0.1, -0.05) is 48.5 Å². The highest BCUT2D eigenvalue weighted by molar-refractivity contribution is 6.17. The van der Waals surface area contributed by atoms with Crippen LogP contribution in [0.2, 0.25) is 0 Å². The number of halogens is 1. The summed E-state index contributed by atoms with van der Waals surface area (Å²) in [6, 6.07) is 22.2. The van der Waals surface area contributed by atoms with E-state index in [9.17, 15) is 0 Å². The molecule has 0 aliphatic heterocycles. The summed E-state index contributed by atoms with van der Waals surface area (Å²) in [5, 5.41) is 2.27. The predicted octanol–water partition coefficient (Wildman–Crippen LogP) is 6.32. The molecule has 1 aromatic heterocycles. The van der Waals surface area contributed by atoms with Crippen LogP contribution >= 0.6 is 11.6 Å². The average molecular weight is 376 g/mol. The highest BCUT2D eigenvalue weighted by Gasteiger charge is 2.04. The standard InChI is InChI=1S/C23H18ClNO2/c24-14-18-6-8-20-13-22(10-9-19(20)12-18)26-15-21-16-27-23(25-21)11-7-17-4-2-1-3-5-17/h1-13,16H,14-15H2/b11-7+. The molecule has 0 saturated carbocycles. The van der Waals surface area contributed by atoms with Gasteiger partial charge in [0, 0.05) is 12.0 Å². The SMILES string of the molecule is ClCc1ccc2cc(OCc3coc(/C=C/c4ccccc4)n3)ccc2c1. The zero-order chi connectivity index (χ0) is 18.5. The minimum atomic E-state index is 0.355. The fourth-order valence-corrected chi connectivity index (χ4v) is 2.97. The van der Waals surface area contributed by atoms with E-state index in [4.69, 9.17) is 20.8 Å². The summed E-state index contributed by atoms with van der Waals surface area (Å²) in [7, 11) is 0. The number of fused-ring (bicyclic) bond motifs is 1. The number of ether oxygens (including phenoxy) is 1. The van der Waals surface area contributed by atoms with Crippen LogP contribution in [0.3, 0.4) is 0 Å². The lowest BCUT2D eigenvalue weighted by Crippen LogP contribution is -1.95. The van der Waals surface area contributed by atoms with Gasteiger partial charge >= 0.3 is 0 Å². The van der Waals surface area contributed by atoms with Crippen LogP contribution in [0.15, 0.2) is 77.4 Å². The summed E-state index contributed by atoms with van der Waals surface area (Å²) >= 11 is 5.89. The molecule has 0 bridgehead atoms. The predicted molar refractivity (Wildman–Crippen MR) is 110 cm³/mol. The molecule has 0 N–H and O–H groups in total. The highest BCUT2D eigenvalue weighted by Crippen LogP contribution is 2.23. The van der Waals surface area contributed by atoms with Gasteiger partial charge in [-0.2, -0.15) is 0 Å². The molecule has 0 saturated heterocycles. The van der Waals surface area contributed by atoms with E-state index in [1.165, 1.54) is 0 Å². The van der Waals surface area contributed by atoms with Gasteiger partial charge in [0.2, 0.25) is 5.89 Å².